The lowest BCUT2D eigenvalue weighted by Gasteiger charge is -2.61. The van der Waals surface area contributed by atoms with Gasteiger partial charge in [0.15, 0.2) is 0 Å². The molecule has 10 heteroatoms. The predicted molar refractivity (Wildman–Crippen MR) is 117 cm³/mol. The molecule has 4 aliphatic rings. The number of hydrogen-bond acceptors (Lipinski definition) is 5. The number of nitrogens with one attached hydrogen (secondary N) is 1. The molecule has 2 bridgehead atoms. The van der Waals surface area contributed by atoms with Crippen molar-refractivity contribution < 1.29 is 22.0 Å². The Bertz CT molecular complexity index is 1130. The van der Waals surface area contributed by atoms with Crippen LogP contribution < -0.4 is 4.72 Å². The van der Waals surface area contributed by atoms with Crippen LogP contribution in [0.5, 0.6) is 0 Å². The Morgan fingerprint density at radius 2 is 1.94 bits per heavy atom. The lowest BCUT2D eigenvalue weighted by atomic mass is 9.44. The first-order valence-corrected chi connectivity index (χ1v) is 13.4. The van der Waals surface area contributed by atoms with Crippen molar-refractivity contribution in [1.29, 1.82) is 0 Å². The first kappa shape index (κ1) is 21.9. The van der Waals surface area contributed by atoms with Crippen LogP contribution >= 0.6 is 11.3 Å². The number of thiazole rings is 1. The Balaban J connectivity index is 1.39. The van der Waals surface area contributed by atoms with Gasteiger partial charge in [-0.05, 0) is 50.7 Å². The average molecular weight is 482 g/mol. The van der Waals surface area contributed by atoms with E-state index in [-0.39, 0.29) is 29.2 Å². The minimum Gasteiger partial charge on any atom is -0.337 e. The van der Waals surface area contributed by atoms with E-state index < -0.39 is 21.7 Å². The van der Waals surface area contributed by atoms with E-state index in [2.05, 4.69) is 9.71 Å². The maximum absolute atomic E-state index is 13.6. The van der Waals surface area contributed by atoms with E-state index in [0.717, 1.165) is 25.3 Å². The first-order chi connectivity index (χ1) is 15.2. The van der Waals surface area contributed by atoms with Crippen LogP contribution in [0.4, 0.5) is 8.78 Å². The second-order valence-electron chi connectivity index (χ2n) is 9.25. The fraction of sp³-hybridized carbons (Fsp3) is 0.545. The van der Waals surface area contributed by atoms with Crippen LogP contribution in [0.1, 0.15) is 38.3 Å². The molecule has 6 rings (SSSR count). The summed E-state index contributed by atoms with van der Waals surface area (Å²) in [5, 5.41) is 2.30. The molecule has 1 aliphatic heterocycles. The molecule has 32 heavy (non-hydrogen) atoms. The monoisotopic (exact) mass is 481 g/mol. The molecule has 1 amide bonds. The SMILES string of the molecule is CCS(=O)(=O)N[C@H]1CCN(C(=O)C23CC(C2)C3)[C@H]1Cc1csc(-c2cc(F)cc(F)c2)n1. The van der Waals surface area contributed by atoms with Crippen molar-refractivity contribution in [3.8, 4) is 10.6 Å². The minimum atomic E-state index is -3.43. The standard InChI is InChI=1S/C22H25F2N3O3S2/c1-2-32(29,30)26-18-3-4-27(21(28)22-9-13(10-22)11-22)19(18)8-17-12-31-20(25-17)14-5-15(23)7-16(24)6-14/h5-7,12-13,18-19,26H,2-4,8-11H2,1H3/t13?,18-,19-,22?/m0/s1. The lowest BCUT2D eigenvalue weighted by Crippen LogP contribution is -2.62. The van der Waals surface area contributed by atoms with Crippen LogP contribution in [-0.2, 0) is 21.2 Å². The Hall–Kier alpha value is -1.91. The van der Waals surface area contributed by atoms with Gasteiger partial charge < -0.3 is 4.90 Å². The summed E-state index contributed by atoms with van der Waals surface area (Å²) < 4.78 is 54.5. The van der Waals surface area contributed by atoms with Gasteiger partial charge in [0.25, 0.3) is 0 Å². The van der Waals surface area contributed by atoms with Gasteiger partial charge in [-0.3, -0.25) is 4.79 Å². The summed E-state index contributed by atoms with van der Waals surface area (Å²) in [6.45, 7) is 2.10. The smallest absolute Gasteiger partial charge is 0.229 e. The van der Waals surface area contributed by atoms with Gasteiger partial charge in [0.2, 0.25) is 15.9 Å². The zero-order chi connectivity index (χ0) is 22.7. The highest BCUT2D eigenvalue weighted by molar-refractivity contribution is 7.89. The van der Waals surface area contributed by atoms with E-state index in [1.165, 1.54) is 23.5 Å². The molecule has 0 spiro atoms. The van der Waals surface area contributed by atoms with Gasteiger partial charge in [0.05, 0.1) is 22.9 Å². The maximum Gasteiger partial charge on any atom is 0.229 e. The predicted octanol–water partition coefficient (Wildman–Crippen LogP) is 3.34. The van der Waals surface area contributed by atoms with Crippen molar-refractivity contribution in [2.24, 2.45) is 11.3 Å². The molecular formula is C22H25F2N3O3S2. The molecule has 2 atom stereocenters. The van der Waals surface area contributed by atoms with Crippen molar-refractivity contribution in [3.63, 3.8) is 0 Å². The molecular weight excluding hydrogens is 456 g/mol. The van der Waals surface area contributed by atoms with E-state index in [0.29, 0.717) is 41.6 Å². The van der Waals surface area contributed by atoms with E-state index >= 15 is 0 Å². The number of sulfonamides is 1. The highest BCUT2D eigenvalue weighted by Crippen LogP contribution is 2.65. The Morgan fingerprint density at radius 1 is 1.25 bits per heavy atom. The van der Waals surface area contributed by atoms with Crippen molar-refractivity contribution in [2.45, 2.75) is 51.1 Å². The molecule has 1 saturated heterocycles. The Morgan fingerprint density at radius 3 is 2.53 bits per heavy atom. The number of hydrogen-bond donors (Lipinski definition) is 1. The second-order valence-corrected chi connectivity index (χ2v) is 12.1. The fourth-order valence-corrected chi connectivity index (χ4v) is 7.00. The van der Waals surface area contributed by atoms with Gasteiger partial charge in [-0.1, -0.05) is 0 Å². The van der Waals surface area contributed by atoms with Crippen LogP contribution in [0.15, 0.2) is 23.6 Å². The highest BCUT2D eigenvalue weighted by Gasteiger charge is 2.63. The number of halogens is 2. The first-order valence-electron chi connectivity index (χ1n) is 10.9. The summed E-state index contributed by atoms with van der Waals surface area (Å²) in [5.41, 5.74) is 0.793. The quantitative estimate of drug-likeness (QED) is 0.658. The molecule has 2 aromatic rings. The van der Waals surface area contributed by atoms with E-state index in [9.17, 15) is 22.0 Å². The zero-order valence-electron chi connectivity index (χ0n) is 17.7. The molecule has 0 radical (unpaired) electrons. The Labute approximate surface area is 190 Å². The molecule has 4 fully saturated rings. The zero-order valence-corrected chi connectivity index (χ0v) is 19.3. The molecule has 1 N–H and O–H groups in total. The number of carbonyl (C=O) groups excluding carboxylic acids is 1. The van der Waals surface area contributed by atoms with Crippen LogP contribution in [0.25, 0.3) is 10.6 Å². The summed E-state index contributed by atoms with van der Waals surface area (Å²) in [6.07, 6.45) is 3.75. The minimum absolute atomic E-state index is 0.0260. The number of aromatic nitrogens is 1. The molecule has 2 heterocycles. The van der Waals surface area contributed by atoms with Gasteiger partial charge in [-0.15, -0.1) is 11.3 Å². The summed E-state index contributed by atoms with van der Waals surface area (Å²) in [5.74, 6) is -0.566. The van der Waals surface area contributed by atoms with Crippen LogP contribution in [0.2, 0.25) is 0 Å². The number of amides is 1. The lowest BCUT2D eigenvalue weighted by molar-refractivity contribution is -0.177. The van der Waals surface area contributed by atoms with E-state index in [1.54, 1.807) is 6.92 Å². The van der Waals surface area contributed by atoms with Gasteiger partial charge in [-0.25, -0.2) is 26.9 Å². The highest BCUT2D eigenvalue weighted by atomic mass is 32.2. The molecule has 3 saturated carbocycles. The van der Waals surface area contributed by atoms with Gasteiger partial charge in [0, 0.05) is 36.0 Å². The molecule has 172 valence electrons. The van der Waals surface area contributed by atoms with Crippen LogP contribution in [-0.4, -0.2) is 48.6 Å². The average Bonchev–Trinajstić information content (AvgIpc) is 3.26. The fourth-order valence-electron chi connectivity index (χ4n) is 5.28. The van der Waals surface area contributed by atoms with Crippen molar-refractivity contribution in [2.75, 3.05) is 12.3 Å². The number of rotatable bonds is 7. The molecule has 1 aromatic heterocycles. The molecule has 1 aromatic carbocycles. The topological polar surface area (TPSA) is 79.4 Å². The van der Waals surface area contributed by atoms with Gasteiger partial charge in [0.1, 0.15) is 16.6 Å². The molecule has 6 nitrogen and oxygen atoms in total. The third-order valence-corrected chi connectivity index (χ3v) is 9.45. The number of benzene rings is 1. The van der Waals surface area contributed by atoms with Crippen molar-refractivity contribution in [1.82, 2.24) is 14.6 Å². The van der Waals surface area contributed by atoms with Crippen LogP contribution in [0, 0.1) is 23.0 Å². The number of likely N-dealkylation sites (tertiary alicyclic amines) is 1. The Kier molecular flexibility index (Phi) is 5.37. The second kappa shape index (κ2) is 7.85. The largest absolute Gasteiger partial charge is 0.337 e. The molecule has 0 unspecified atom stereocenters. The van der Waals surface area contributed by atoms with Crippen molar-refractivity contribution >= 4 is 27.3 Å². The summed E-state index contributed by atoms with van der Waals surface area (Å²) in [4.78, 5) is 19.7. The third kappa shape index (κ3) is 3.86. The summed E-state index contributed by atoms with van der Waals surface area (Å²) >= 11 is 1.27. The third-order valence-electron chi connectivity index (χ3n) is 7.09. The van der Waals surface area contributed by atoms with E-state index in [4.69, 9.17) is 0 Å². The van der Waals surface area contributed by atoms with Crippen LogP contribution in [0.3, 0.4) is 0 Å². The number of carbonyl (C=O) groups is 1. The molecule has 3 aliphatic carbocycles. The normalized spacial score (nSPS) is 29.0. The summed E-state index contributed by atoms with van der Waals surface area (Å²) in [6, 6.07) is 2.57. The van der Waals surface area contributed by atoms with Gasteiger partial charge in [-0.2, -0.15) is 0 Å². The van der Waals surface area contributed by atoms with Crippen molar-refractivity contribution in [3.05, 3.63) is 40.9 Å². The van der Waals surface area contributed by atoms with Gasteiger partial charge >= 0.3 is 0 Å². The maximum atomic E-state index is 13.6. The summed E-state index contributed by atoms with van der Waals surface area (Å²) in [7, 11) is -3.43. The van der Waals surface area contributed by atoms with E-state index in [1.807, 2.05) is 10.3 Å². The number of nitrogens with zero attached hydrogens (tertiary/aromatic N) is 2.